The number of aromatic nitrogens is 4. The van der Waals surface area contributed by atoms with Gasteiger partial charge in [-0.2, -0.15) is 0 Å². The highest BCUT2D eigenvalue weighted by Gasteiger charge is 2.21. The fourth-order valence-corrected chi connectivity index (χ4v) is 4.98. The average molecular weight is 452 g/mol. The van der Waals surface area contributed by atoms with Crippen LogP contribution in [0.4, 0.5) is 5.69 Å². The van der Waals surface area contributed by atoms with Gasteiger partial charge in [0.25, 0.3) is 5.56 Å². The van der Waals surface area contributed by atoms with Gasteiger partial charge >= 0.3 is 5.69 Å². The zero-order chi connectivity index (χ0) is 21.5. The highest BCUT2D eigenvalue weighted by atomic mass is 32.1. The minimum Gasteiger partial charge on any atom is -0.314 e. The molecule has 0 saturated carbocycles. The molecule has 156 valence electrons. The number of fused-ring (bicyclic) bond motifs is 3. The number of rotatable bonds is 5. The molecule has 0 fully saturated rings. The van der Waals surface area contributed by atoms with Crippen LogP contribution in [0.5, 0.6) is 0 Å². The molecule has 4 aromatic heterocycles. The zero-order valence-corrected chi connectivity index (χ0v) is 18.1. The molecule has 0 aliphatic heterocycles. The van der Waals surface area contributed by atoms with E-state index in [9.17, 15) is 14.4 Å². The summed E-state index contributed by atoms with van der Waals surface area (Å²) in [6, 6.07) is 14.8. The predicted octanol–water partition coefficient (Wildman–Crippen LogP) is 2.65. The smallest absolute Gasteiger partial charge is 0.314 e. The molecular weight excluding hydrogens is 434 g/mol. The Morgan fingerprint density at radius 1 is 1.03 bits per heavy atom. The van der Waals surface area contributed by atoms with Crippen LogP contribution in [0.1, 0.15) is 4.88 Å². The largest absolute Gasteiger partial charge is 0.352 e. The Bertz CT molecular complexity index is 1510. The van der Waals surface area contributed by atoms with E-state index in [0.717, 1.165) is 15.2 Å². The van der Waals surface area contributed by atoms with E-state index >= 15 is 0 Å². The molecule has 0 atom stereocenters. The summed E-state index contributed by atoms with van der Waals surface area (Å²) in [5, 5.41) is 8.10. The molecule has 5 rings (SSSR count). The minimum absolute atomic E-state index is 0.198. The maximum atomic E-state index is 13.2. The van der Waals surface area contributed by atoms with Gasteiger partial charge in [-0.25, -0.2) is 13.9 Å². The molecule has 8 nitrogen and oxygen atoms in total. The summed E-state index contributed by atoms with van der Waals surface area (Å²) < 4.78 is 4.52. The van der Waals surface area contributed by atoms with Crippen molar-refractivity contribution < 1.29 is 4.79 Å². The molecule has 1 aromatic carbocycles. The lowest BCUT2D eigenvalue weighted by atomic mass is 10.3. The standard InChI is InChI=1S/C21H17N5O3S2/c1-23(14-6-3-2-4-7-14)17(27)13-25-21(29)26-16-9-11-31-18(16)19(28)24(20(26)22-25)12-15-8-5-10-30-15/h2-11H,12-13H2,1H3. The predicted molar refractivity (Wildman–Crippen MR) is 122 cm³/mol. The van der Waals surface area contributed by atoms with Crippen LogP contribution in [0.25, 0.3) is 16.0 Å². The van der Waals surface area contributed by atoms with Crippen molar-refractivity contribution in [3.8, 4) is 0 Å². The second-order valence-electron chi connectivity index (χ2n) is 6.97. The first-order valence-electron chi connectivity index (χ1n) is 9.48. The molecule has 0 saturated heterocycles. The summed E-state index contributed by atoms with van der Waals surface area (Å²) in [5.41, 5.74) is 0.579. The molecule has 0 unspecified atom stereocenters. The summed E-state index contributed by atoms with van der Waals surface area (Å²) in [5.74, 6) is -0.0603. The number of thiophene rings is 2. The number of benzene rings is 1. The van der Waals surface area contributed by atoms with Crippen molar-refractivity contribution in [2.45, 2.75) is 13.1 Å². The van der Waals surface area contributed by atoms with Crippen molar-refractivity contribution in [3.05, 3.63) is 85.0 Å². The number of hydrogen-bond acceptors (Lipinski definition) is 6. The number of para-hydroxylation sites is 1. The van der Waals surface area contributed by atoms with Gasteiger partial charge in [-0.3, -0.25) is 14.2 Å². The molecule has 1 amide bonds. The third-order valence-electron chi connectivity index (χ3n) is 5.09. The fraction of sp³-hybridized carbons (Fsp3) is 0.143. The lowest BCUT2D eigenvalue weighted by molar-refractivity contribution is -0.119. The van der Waals surface area contributed by atoms with Gasteiger partial charge in [0.05, 0.1) is 12.1 Å². The topological polar surface area (TPSA) is 81.6 Å². The molecule has 4 heterocycles. The Hall–Kier alpha value is -3.50. The highest BCUT2D eigenvalue weighted by molar-refractivity contribution is 7.17. The SMILES string of the molecule is CN(C(=O)Cn1nc2n(Cc3cccs3)c(=O)c3sccc3n2c1=O)c1ccccc1. The van der Waals surface area contributed by atoms with Gasteiger partial charge in [-0.05, 0) is 35.0 Å². The summed E-state index contributed by atoms with van der Waals surface area (Å²) in [4.78, 5) is 41.6. The molecule has 0 aliphatic rings. The van der Waals surface area contributed by atoms with Gasteiger partial charge in [-0.1, -0.05) is 24.3 Å². The van der Waals surface area contributed by atoms with Crippen molar-refractivity contribution in [1.29, 1.82) is 0 Å². The fourth-order valence-electron chi connectivity index (χ4n) is 3.47. The van der Waals surface area contributed by atoms with Crippen LogP contribution in [0, 0.1) is 0 Å². The van der Waals surface area contributed by atoms with Crippen LogP contribution >= 0.6 is 22.7 Å². The average Bonchev–Trinajstić information content (AvgIpc) is 3.52. The molecule has 0 spiro atoms. The van der Waals surface area contributed by atoms with Gasteiger partial charge in [0, 0.05) is 17.6 Å². The Morgan fingerprint density at radius 2 is 1.84 bits per heavy atom. The van der Waals surface area contributed by atoms with Crippen molar-refractivity contribution in [2.75, 3.05) is 11.9 Å². The molecular formula is C21H17N5O3S2. The van der Waals surface area contributed by atoms with E-state index in [2.05, 4.69) is 5.10 Å². The lowest BCUT2D eigenvalue weighted by Gasteiger charge is -2.16. The first-order valence-corrected chi connectivity index (χ1v) is 11.2. The maximum Gasteiger partial charge on any atom is 0.352 e. The van der Waals surface area contributed by atoms with Crippen molar-refractivity contribution in [1.82, 2.24) is 18.7 Å². The first-order chi connectivity index (χ1) is 15.0. The minimum atomic E-state index is -0.451. The molecule has 0 bridgehead atoms. The Balaban J connectivity index is 1.62. The van der Waals surface area contributed by atoms with E-state index in [-0.39, 0.29) is 23.8 Å². The number of carbonyl (C=O) groups excluding carboxylic acids is 1. The maximum absolute atomic E-state index is 13.2. The van der Waals surface area contributed by atoms with Gasteiger partial charge in [0.15, 0.2) is 0 Å². The second-order valence-corrected chi connectivity index (χ2v) is 8.92. The van der Waals surface area contributed by atoms with E-state index in [1.807, 2.05) is 47.8 Å². The summed E-state index contributed by atoms with van der Waals surface area (Å²) in [6.45, 7) is 0.0763. The van der Waals surface area contributed by atoms with Crippen LogP contribution in [0.15, 0.2) is 68.9 Å². The first kappa shape index (κ1) is 19.5. The zero-order valence-electron chi connectivity index (χ0n) is 16.5. The molecule has 0 aliphatic carbocycles. The van der Waals surface area contributed by atoms with E-state index < -0.39 is 5.69 Å². The Labute approximate surface area is 183 Å². The summed E-state index contributed by atoms with van der Waals surface area (Å²) >= 11 is 2.81. The quantitative estimate of drug-likeness (QED) is 0.411. The number of amides is 1. The molecule has 10 heteroatoms. The van der Waals surface area contributed by atoms with E-state index in [1.54, 1.807) is 18.5 Å². The Kier molecular flexibility index (Phi) is 4.79. The summed E-state index contributed by atoms with van der Waals surface area (Å²) in [6.07, 6.45) is 0. The van der Waals surface area contributed by atoms with E-state index in [1.165, 1.54) is 36.5 Å². The van der Waals surface area contributed by atoms with Crippen molar-refractivity contribution >= 4 is 50.3 Å². The van der Waals surface area contributed by atoms with Crippen LogP contribution in [0.2, 0.25) is 0 Å². The monoisotopic (exact) mass is 451 g/mol. The number of anilines is 1. The van der Waals surface area contributed by atoms with E-state index in [4.69, 9.17) is 0 Å². The second kappa shape index (κ2) is 7.64. The van der Waals surface area contributed by atoms with Crippen LogP contribution in [-0.4, -0.2) is 31.7 Å². The Morgan fingerprint density at radius 3 is 2.58 bits per heavy atom. The van der Waals surface area contributed by atoms with E-state index in [0.29, 0.717) is 16.8 Å². The van der Waals surface area contributed by atoms with Crippen molar-refractivity contribution in [3.63, 3.8) is 0 Å². The van der Waals surface area contributed by atoms with Gasteiger partial charge in [0.1, 0.15) is 11.2 Å². The van der Waals surface area contributed by atoms with Crippen LogP contribution in [0.3, 0.4) is 0 Å². The third kappa shape index (κ3) is 3.29. The molecule has 0 radical (unpaired) electrons. The van der Waals surface area contributed by atoms with Crippen LogP contribution < -0.4 is 16.1 Å². The van der Waals surface area contributed by atoms with Gasteiger partial charge in [-0.15, -0.1) is 27.8 Å². The molecule has 31 heavy (non-hydrogen) atoms. The third-order valence-corrected chi connectivity index (χ3v) is 6.84. The molecule has 5 aromatic rings. The number of carbonyl (C=O) groups is 1. The van der Waals surface area contributed by atoms with Crippen molar-refractivity contribution in [2.24, 2.45) is 0 Å². The lowest BCUT2D eigenvalue weighted by Crippen LogP contribution is -2.34. The van der Waals surface area contributed by atoms with Crippen LogP contribution in [-0.2, 0) is 17.9 Å². The number of likely N-dealkylation sites (N-methyl/N-ethyl adjacent to an activating group) is 1. The van der Waals surface area contributed by atoms with Gasteiger partial charge < -0.3 is 4.90 Å². The van der Waals surface area contributed by atoms with Gasteiger partial charge in [0.2, 0.25) is 11.7 Å². The molecule has 0 N–H and O–H groups in total. The normalized spacial score (nSPS) is 11.4. The number of nitrogens with zero attached hydrogens (tertiary/aromatic N) is 5. The highest BCUT2D eigenvalue weighted by Crippen LogP contribution is 2.19. The number of hydrogen-bond donors (Lipinski definition) is 0. The summed E-state index contributed by atoms with van der Waals surface area (Å²) in [7, 11) is 1.66.